The number of ether oxygens (including phenoxy) is 1. The number of aliphatic hydroxyl groups excluding tert-OH is 1. The maximum atomic E-state index is 12.8. The van der Waals surface area contributed by atoms with E-state index in [1.54, 1.807) is 11.3 Å². The number of nitrogens with one attached hydrogen (secondary N) is 2. The Morgan fingerprint density at radius 2 is 2.24 bits per heavy atom. The van der Waals surface area contributed by atoms with Gasteiger partial charge in [0.05, 0.1) is 41.4 Å². The number of carbonyl (C=O) groups excluding carboxylic acids is 1. The summed E-state index contributed by atoms with van der Waals surface area (Å²) in [5, 5.41) is 16.6. The SMILES string of the molecule is Cc1ncsc1-c1ccc(CNC(=O)[C@@H]2C[C@@H](O)CN2C[C@@H]2COCCN2)cc1. The predicted molar refractivity (Wildman–Crippen MR) is 113 cm³/mol. The zero-order chi connectivity index (χ0) is 20.2. The van der Waals surface area contributed by atoms with Crippen LogP contribution in [0.15, 0.2) is 29.8 Å². The van der Waals surface area contributed by atoms with Gasteiger partial charge in [-0.3, -0.25) is 9.69 Å². The second-order valence-electron chi connectivity index (χ2n) is 7.77. The third-order valence-corrected chi connectivity index (χ3v) is 6.54. The molecular weight excluding hydrogens is 388 g/mol. The lowest BCUT2D eigenvalue weighted by molar-refractivity contribution is -0.125. The number of thiazole rings is 1. The van der Waals surface area contributed by atoms with E-state index in [0.717, 1.165) is 30.0 Å². The minimum absolute atomic E-state index is 0.0272. The van der Waals surface area contributed by atoms with Crippen molar-refractivity contribution < 1.29 is 14.6 Å². The highest BCUT2D eigenvalue weighted by Crippen LogP contribution is 2.27. The minimum Gasteiger partial charge on any atom is -0.392 e. The monoisotopic (exact) mass is 416 g/mol. The van der Waals surface area contributed by atoms with Crippen molar-refractivity contribution in [3.8, 4) is 10.4 Å². The number of benzene rings is 1. The summed E-state index contributed by atoms with van der Waals surface area (Å²) in [5.74, 6) is -0.0272. The van der Waals surface area contributed by atoms with E-state index >= 15 is 0 Å². The van der Waals surface area contributed by atoms with Crippen molar-refractivity contribution >= 4 is 17.2 Å². The number of hydrogen-bond donors (Lipinski definition) is 3. The molecule has 3 atom stereocenters. The summed E-state index contributed by atoms with van der Waals surface area (Å²) in [5.41, 5.74) is 5.09. The maximum Gasteiger partial charge on any atom is 0.237 e. The summed E-state index contributed by atoms with van der Waals surface area (Å²) in [7, 11) is 0. The number of likely N-dealkylation sites (tertiary alicyclic amines) is 1. The lowest BCUT2D eigenvalue weighted by atomic mass is 10.1. The van der Waals surface area contributed by atoms with Crippen LogP contribution in [0.25, 0.3) is 10.4 Å². The van der Waals surface area contributed by atoms with Crippen molar-refractivity contribution in [2.45, 2.75) is 38.1 Å². The highest BCUT2D eigenvalue weighted by Gasteiger charge is 2.37. The van der Waals surface area contributed by atoms with Crippen LogP contribution in [0.4, 0.5) is 0 Å². The molecule has 2 aromatic rings. The lowest BCUT2D eigenvalue weighted by Gasteiger charge is -2.30. The average molecular weight is 417 g/mol. The van der Waals surface area contributed by atoms with E-state index in [2.05, 4.69) is 32.7 Å². The Bertz CT molecular complexity index is 820. The number of carbonyl (C=O) groups is 1. The first-order valence-electron chi connectivity index (χ1n) is 10.1. The Morgan fingerprint density at radius 3 is 2.93 bits per heavy atom. The van der Waals surface area contributed by atoms with Gasteiger partial charge in [-0.15, -0.1) is 11.3 Å². The molecule has 0 saturated carbocycles. The molecule has 0 unspecified atom stereocenters. The van der Waals surface area contributed by atoms with Crippen LogP contribution in [0.1, 0.15) is 17.7 Å². The summed E-state index contributed by atoms with van der Waals surface area (Å²) in [4.78, 5) is 20.3. The molecule has 2 fully saturated rings. The number of amides is 1. The van der Waals surface area contributed by atoms with Crippen LogP contribution in [0, 0.1) is 6.92 Å². The van der Waals surface area contributed by atoms with Gasteiger partial charge in [0.15, 0.2) is 0 Å². The van der Waals surface area contributed by atoms with Crippen molar-refractivity contribution in [3.63, 3.8) is 0 Å². The highest BCUT2D eigenvalue weighted by molar-refractivity contribution is 7.13. The molecule has 156 valence electrons. The summed E-state index contributed by atoms with van der Waals surface area (Å²) in [6.07, 6.45) is 0.0143. The second-order valence-corrected chi connectivity index (χ2v) is 8.62. The molecule has 0 spiro atoms. The van der Waals surface area contributed by atoms with E-state index in [1.807, 2.05) is 24.6 Å². The Balaban J connectivity index is 1.32. The molecule has 8 heteroatoms. The third kappa shape index (κ3) is 5.02. The van der Waals surface area contributed by atoms with Crippen LogP contribution in [-0.2, 0) is 16.1 Å². The van der Waals surface area contributed by atoms with Gasteiger partial charge in [-0.2, -0.15) is 0 Å². The van der Waals surface area contributed by atoms with Crippen LogP contribution in [-0.4, -0.2) is 71.9 Å². The standard InChI is InChI=1S/C21H28N4O3S/c1-14-20(29-13-24-14)16-4-2-15(3-5-16)9-23-21(27)19-8-18(26)11-25(19)10-17-12-28-7-6-22-17/h2-5,13,17-19,22,26H,6-12H2,1H3,(H,23,27)/t17-,18-,19+/m1/s1. The average Bonchev–Trinajstić information content (AvgIpc) is 3.32. The number of morpholine rings is 1. The van der Waals surface area contributed by atoms with E-state index in [4.69, 9.17) is 4.74 Å². The second kappa shape index (κ2) is 9.32. The largest absolute Gasteiger partial charge is 0.392 e. The fourth-order valence-corrected chi connectivity index (χ4v) is 4.85. The van der Waals surface area contributed by atoms with Gasteiger partial charge in [-0.05, 0) is 24.5 Å². The minimum atomic E-state index is -0.461. The number of aryl methyl sites for hydroxylation is 1. The van der Waals surface area contributed by atoms with Crippen molar-refractivity contribution in [3.05, 3.63) is 41.0 Å². The molecule has 29 heavy (non-hydrogen) atoms. The van der Waals surface area contributed by atoms with Crippen molar-refractivity contribution in [1.82, 2.24) is 20.5 Å². The van der Waals surface area contributed by atoms with E-state index in [0.29, 0.717) is 32.7 Å². The van der Waals surface area contributed by atoms with Crippen LogP contribution < -0.4 is 10.6 Å². The molecule has 1 aromatic carbocycles. The first kappa shape index (κ1) is 20.4. The van der Waals surface area contributed by atoms with Gasteiger partial charge in [-0.25, -0.2) is 4.98 Å². The van der Waals surface area contributed by atoms with Crippen molar-refractivity contribution in [2.24, 2.45) is 0 Å². The van der Waals surface area contributed by atoms with Crippen molar-refractivity contribution in [1.29, 1.82) is 0 Å². The van der Waals surface area contributed by atoms with E-state index in [9.17, 15) is 9.90 Å². The normalized spacial score (nSPS) is 25.2. The van der Waals surface area contributed by atoms with Crippen molar-refractivity contribution in [2.75, 3.05) is 32.8 Å². The molecule has 1 aromatic heterocycles. The Hall–Kier alpha value is -1.84. The number of hydrogen-bond acceptors (Lipinski definition) is 7. The van der Waals surface area contributed by atoms with Gasteiger partial charge < -0.3 is 20.5 Å². The molecular formula is C21H28N4O3S. The molecule has 1 amide bonds. The molecule has 3 heterocycles. The van der Waals surface area contributed by atoms with Gasteiger partial charge in [0.1, 0.15) is 0 Å². The van der Waals surface area contributed by atoms with Gasteiger partial charge in [0.2, 0.25) is 5.91 Å². The van der Waals surface area contributed by atoms with Gasteiger partial charge in [0.25, 0.3) is 0 Å². The predicted octanol–water partition coefficient (Wildman–Crippen LogP) is 1.16. The van der Waals surface area contributed by atoms with Crippen LogP contribution >= 0.6 is 11.3 Å². The quantitative estimate of drug-likeness (QED) is 0.655. The first-order chi connectivity index (χ1) is 14.1. The molecule has 2 aliphatic rings. The van der Waals surface area contributed by atoms with E-state index in [1.165, 1.54) is 4.88 Å². The smallest absolute Gasteiger partial charge is 0.237 e. The molecule has 0 radical (unpaired) electrons. The van der Waals surface area contributed by atoms with Gasteiger partial charge >= 0.3 is 0 Å². The molecule has 3 N–H and O–H groups in total. The van der Waals surface area contributed by atoms with Crippen LogP contribution in [0.2, 0.25) is 0 Å². The Morgan fingerprint density at radius 1 is 1.41 bits per heavy atom. The van der Waals surface area contributed by atoms with E-state index < -0.39 is 6.10 Å². The lowest BCUT2D eigenvalue weighted by Crippen LogP contribution is -2.52. The molecule has 0 bridgehead atoms. The summed E-state index contributed by atoms with van der Waals surface area (Å²) in [6.45, 7) is 5.92. The number of β-amino-alcohol motifs (C(OH)–C–C–N with tert-alkyl or cyclic N) is 1. The fourth-order valence-electron chi connectivity index (χ4n) is 4.03. The first-order valence-corrected chi connectivity index (χ1v) is 11.0. The number of aromatic nitrogens is 1. The maximum absolute atomic E-state index is 12.8. The zero-order valence-corrected chi connectivity index (χ0v) is 17.5. The number of rotatable bonds is 6. The zero-order valence-electron chi connectivity index (χ0n) is 16.6. The number of nitrogens with zero attached hydrogens (tertiary/aromatic N) is 2. The fraction of sp³-hybridized carbons (Fsp3) is 0.524. The highest BCUT2D eigenvalue weighted by atomic mass is 32.1. The summed E-state index contributed by atoms with van der Waals surface area (Å²) < 4.78 is 5.51. The van der Waals surface area contributed by atoms with Gasteiger partial charge in [0, 0.05) is 32.2 Å². The molecule has 0 aliphatic carbocycles. The summed E-state index contributed by atoms with van der Waals surface area (Å²) in [6, 6.07) is 8.13. The van der Waals surface area contributed by atoms with Gasteiger partial charge in [-0.1, -0.05) is 24.3 Å². The molecule has 4 rings (SSSR count). The Labute approximate surface area is 175 Å². The topological polar surface area (TPSA) is 86.7 Å². The van der Waals surface area contributed by atoms with Crippen LogP contribution in [0.3, 0.4) is 0 Å². The van der Waals surface area contributed by atoms with E-state index in [-0.39, 0.29) is 18.0 Å². The van der Waals surface area contributed by atoms with Crippen LogP contribution in [0.5, 0.6) is 0 Å². The number of aliphatic hydroxyl groups is 1. The summed E-state index contributed by atoms with van der Waals surface area (Å²) >= 11 is 1.63. The molecule has 2 aliphatic heterocycles. The molecule has 2 saturated heterocycles. The Kier molecular flexibility index (Phi) is 6.56. The molecule has 7 nitrogen and oxygen atoms in total. The third-order valence-electron chi connectivity index (χ3n) is 5.57.